The van der Waals surface area contributed by atoms with E-state index in [1.807, 2.05) is 26.0 Å². The number of carbonyl (C=O) groups is 1. The number of hydrogen-bond acceptors (Lipinski definition) is 2. The Hall–Kier alpha value is -1.03. The number of methoxy groups -OCH3 is 1. The van der Waals surface area contributed by atoms with E-state index in [2.05, 4.69) is 21.2 Å². The van der Waals surface area contributed by atoms with Crippen LogP contribution in [0.3, 0.4) is 0 Å². The monoisotopic (exact) mass is 257 g/mol. The Kier molecular flexibility index (Phi) is 3.52. The summed E-state index contributed by atoms with van der Waals surface area (Å²) in [6.07, 6.45) is 0. The average Bonchev–Trinajstić information content (AvgIpc) is 2.10. The van der Waals surface area contributed by atoms with Crippen LogP contribution in [0.1, 0.15) is 11.1 Å². The van der Waals surface area contributed by atoms with Gasteiger partial charge in [-0.3, -0.25) is 4.79 Å². The van der Waals surface area contributed by atoms with Gasteiger partial charge in [0.05, 0.1) is 12.8 Å². The standard InChI is InChI=1S/C10H12BrNO2/c1-6-4-8(12-10(11)13)9(14-3)5-7(6)2/h4-5H,1-3H3,(H,12,13). The van der Waals surface area contributed by atoms with Crippen molar-refractivity contribution >= 4 is 26.4 Å². The highest BCUT2D eigenvalue weighted by Gasteiger charge is 2.07. The number of rotatable bonds is 2. The van der Waals surface area contributed by atoms with Crippen molar-refractivity contribution in [3.8, 4) is 5.75 Å². The molecule has 0 radical (unpaired) electrons. The Labute approximate surface area is 91.6 Å². The van der Waals surface area contributed by atoms with Crippen molar-refractivity contribution in [1.82, 2.24) is 0 Å². The Balaban J connectivity index is 3.13. The van der Waals surface area contributed by atoms with E-state index in [0.29, 0.717) is 11.4 Å². The number of ether oxygens (including phenoxy) is 1. The van der Waals surface area contributed by atoms with Crippen LogP contribution in [0.4, 0.5) is 10.5 Å². The van der Waals surface area contributed by atoms with E-state index in [4.69, 9.17) is 4.74 Å². The molecule has 1 N–H and O–H groups in total. The largest absolute Gasteiger partial charge is 0.495 e. The predicted molar refractivity (Wildman–Crippen MR) is 60.4 cm³/mol. The molecule has 0 atom stereocenters. The quantitative estimate of drug-likeness (QED) is 0.653. The Morgan fingerprint density at radius 1 is 1.36 bits per heavy atom. The molecular weight excluding hydrogens is 246 g/mol. The van der Waals surface area contributed by atoms with Gasteiger partial charge in [0.25, 0.3) is 4.82 Å². The van der Waals surface area contributed by atoms with Gasteiger partial charge in [0, 0.05) is 15.9 Å². The van der Waals surface area contributed by atoms with E-state index in [9.17, 15) is 4.79 Å². The van der Waals surface area contributed by atoms with Gasteiger partial charge in [-0.1, -0.05) is 0 Å². The van der Waals surface area contributed by atoms with E-state index >= 15 is 0 Å². The highest BCUT2D eigenvalue weighted by Crippen LogP contribution is 2.28. The van der Waals surface area contributed by atoms with Crippen LogP contribution in [0.2, 0.25) is 0 Å². The van der Waals surface area contributed by atoms with E-state index < -0.39 is 0 Å². The average molecular weight is 258 g/mol. The lowest BCUT2D eigenvalue weighted by Gasteiger charge is -2.11. The second-order valence-electron chi connectivity index (χ2n) is 3.04. The highest BCUT2D eigenvalue weighted by molar-refractivity contribution is 9.18. The number of amides is 1. The molecule has 1 rings (SSSR count). The molecule has 0 saturated heterocycles. The third-order valence-electron chi connectivity index (χ3n) is 2.05. The molecule has 0 aliphatic heterocycles. The summed E-state index contributed by atoms with van der Waals surface area (Å²) in [5.41, 5.74) is 2.92. The molecule has 0 unspecified atom stereocenters. The van der Waals surface area contributed by atoms with Crippen molar-refractivity contribution in [3.63, 3.8) is 0 Å². The maximum atomic E-state index is 10.8. The van der Waals surface area contributed by atoms with Crippen LogP contribution < -0.4 is 10.1 Å². The van der Waals surface area contributed by atoms with E-state index in [1.54, 1.807) is 7.11 Å². The van der Waals surface area contributed by atoms with Crippen LogP contribution in [0.25, 0.3) is 0 Å². The van der Waals surface area contributed by atoms with Crippen molar-refractivity contribution in [2.24, 2.45) is 0 Å². The van der Waals surface area contributed by atoms with Gasteiger partial charge < -0.3 is 10.1 Å². The third-order valence-corrected chi connectivity index (χ3v) is 2.25. The fourth-order valence-electron chi connectivity index (χ4n) is 1.16. The van der Waals surface area contributed by atoms with Gasteiger partial charge >= 0.3 is 0 Å². The van der Waals surface area contributed by atoms with Crippen molar-refractivity contribution < 1.29 is 9.53 Å². The van der Waals surface area contributed by atoms with Crippen LogP contribution in [-0.2, 0) is 0 Å². The molecule has 1 aromatic carbocycles. The van der Waals surface area contributed by atoms with Crippen molar-refractivity contribution in [2.75, 3.05) is 12.4 Å². The first-order chi connectivity index (χ1) is 6.54. The number of hydrogen-bond donors (Lipinski definition) is 1. The number of benzene rings is 1. The summed E-state index contributed by atoms with van der Waals surface area (Å²) >= 11 is 2.81. The van der Waals surface area contributed by atoms with Crippen LogP contribution in [0.5, 0.6) is 5.75 Å². The molecule has 0 heterocycles. The zero-order chi connectivity index (χ0) is 10.7. The number of carbonyl (C=O) groups excluding carboxylic acids is 1. The van der Waals surface area contributed by atoms with E-state index in [1.165, 1.54) is 0 Å². The fourth-order valence-corrected chi connectivity index (χ4v) is 1.38. The normalized spacial score (nSPS) is 9.71. The molecule has 0 saturated carbocycles. The molecule has 3 nitrogen and oxygen atoms in total. The second-order valence-corrected chi connectivity index (χ2v) is 3.76. The van der Waals surface area contributed by atoms with Gasteiger partial charge in [-0.25, -0.2) is 0 Å². The van der Waals surface area contributed by atoms with Crippen molar-refractivity contribution in [3.05, 3.63) is 23.3 Å². The van der Waals surface area contributed by atoms with Crippen molar-refractivity contribution in [2.45, 2.75) is 13.8 Å². The van der Waals surface area contributed by atoms with E-state index in [0.717, 1.165) is 11.1 Å². The lowest BCUT2D eigenvalue weighted by molar-refractivity contribution is 0.270. The molecule has 4 heteroatoms. The van der Waals surface area contributed by atoms with E-state index in [-0.39, 0.29) is 4.82 Å². The van der Waals surface area contributed by atoms with Gasteiger partial charge in [-0.15, -0.1) is 0 Å². The van der Waals surface area contributed by atoms with Crippen LogP contribution in [0, 0.1) is 13.8 Å². The minimum absolute atomic E-state index is 0.279. The zero-order valence-electron chi connectivity index (χ0n) is 8.35. The molecule has 0 aliphatic rings. The Bertz CT molecular complexity index is 363. The molecule has 14 heavy (non-hydrogen) atoms. The SMILES string of the molecule is COc1cc(C)c(C)cc1NC(=O)Br. The summed E-state index contributed by atoms with van der Waals surface area (Å²) in [5.74, 6) is 0.668. The fraction of sp³-hybridized carbons (Fsp3) is 0.300. The third kappa shape index (κ3) is 2.48. The molecule has 1 amide bonds. The maximum Gasteiger partial charge on any atom is 0.291 e. The summed E-state index contributed by atoms with van der Waals surface area (Å²) < 4.78 is 5.15. The number of nitrogens with one attached hydrogen (secondary N) is 1. The maximum absolute atomic E-state index is 10.8. The van der Waals surface area contributed by atoms with Gasteiger partial charge in [0.2, 0.25) is 0 Å². The minimum atomic E-state index is -0.279. The summed E-state index contributed by atoms with van der Waals surface area (Å²) in [5, 5.41) is 2.65. The highest BCUT2D eigenvalue weighted by atomic mass is 79.9. The summed E-state index contributed by atoms with van der Waals surface area (Å²) in [4.78, 5) is 10.5. The molecular formula is C10H12BrNO2. The second kappa shape index (κ2) is 4.46. The smallest absolute Gasteiger partial charge is 0.291 e. The lowest BCUT2D eigenvalue weighted by atomic mass is 10.1. The predicted octanol–water partition coefficient (Wildman–Crippen LogP) is 3.24. The minimum Gasteiger partial charge on any atom is -0.495 e. The first-order valence-electron chi connectivity index (χ1n) is 4.16. The first kappa shape index (κ1) is 11.0. The van der Waals surface area contributed by atoms with Gasteiger partial charge in [0.1, 0.15) is 5.75 Å². The molecule has 1 aromatic rings. The Morgan fingerprint density at radius 3 is 2.43 bits per heavy atom. The molecule has 76 valence electrons. The molecule has 0 fully saturated rings. The number of anilines is 1. The van der Waals surface area contributed by atoms with Crippen LogP contribution in [0.15, 0.2) is 12.1 Å². The molecule has 0 spiro atoms. The molecule has 0 aliphatic carbocycles. The number of aryl methyl sites for hydroxylation is 2. The van der Waals surface area contributed by atoms with Crippen LogP contribution >= 0.6 is 15.9 Å². The summed E-state index contributed by atoms with van der Waals surface area (Å²) in [6, 6.07) is 3.78. The molecule has 0 aromatic heterocycles. The lowest BCUT2D eigenvalue weighted by Crippen LogP contribution is -2.03. The zero-order valence-corrected chi connectivity index (χ0v) is 9.94. The Morgan fingerprint density at radius 2 is 1.93 bits per heavy atom. The van der Waals surface area contributed by atoms with Gasteiger partial charge in [-0.05, 0) is 37.1 Å². The topological polar surface area (TPSA) is 38.3 Å². The summed E-state index contributed by atoms with van der Waals surface area (Å²) in [6.45, 7) is 3.98. The summed E-state index contributed by atoms with van der Waals surface area (Å²) in [7, 11) is 1.58. The van der Waals surface area contributed by atoms with Gasteiger partial charge in [-0.2, -0.15) is 0 Å². The molecule has 0 bridgehead atoms. The number of halogens is 1. The first-order valence-corrected chi connectivity index (χ1v) is 4.95. The van der Waals surface area contributed by atoms with Crippen molar-refractivity contribution in [1.29, 1.82) is 0 Å². The van der Waals surface area contributed by atoms with Gasteiger partial charge in [0.15, 0.2) is 0 Å². The van der Waals surface area contributed by atoms with Crippen LogP contribution in [-0.4, -0.2) is 11.9 Å².